The summed E-state index contributed by atoms with van der Waals surface area (Å²) in [6, 6.07) is 5.44. The molecule has 2 rings (SSSR count). The fourth-order valence-corrected chi connectivity index (χ4v) is 1.99. The third-order valence-corrected chi connectivity index (χ3v) is 2.94. The van der Waals surface area contributed by atoms with Crippen molar-refractivity contribution in [3.8, 4) is 5.75 Å². The van der Waals surface area contributed by atoms with Crippen molar-refractivity contribution >= 4 is 11.3 Å². The van der Waals surface area contributed by atoms with Gasteiger partial charge < -0.3 is 5.11 Å². The Labute approximate surface area is 86.9 Å². The Balaban J connectivity index is 2.28. The Morgan fingerprint density at radius 2 is 2.29 bits per heavy atom. The van der Waals surface area contributed by atoms with Crippen LogP contribution in [0.25, 0.3) is 0 Å². The van der Waals surface area contributed by atoms with E-state index >= 15 is 0 Å². The van der Waals surface area contributed by atoms with E-state index in [2.05, 4.69) is 4.98 Å². The number of aromatic nitrogens is 1. The molecule has 0 spiro atoms. The highest BCUT2D eigenvalue weighted by Crippen LogP contribution is 2.19. The van der Waals surface area contributed by atoms with Gasteiger partial charge >= 0.3 is 0 Å². The van der Waals surface area contributed by atoms with Gasteiger partial charge in [0.2, 0.25) is 0 Å². The Morgan fingerprint density at radius 1 is 1.43 bits per heavy atom. The molecule has 0 aliphatic carbocycles. The predicted octanol–water partition coefficient (Wildman–Crippen LogP) is 2.75. The quantitative estimate of drug-likeness (QED) is 0.817. The van der Waals surface area contributed by atoms with E-state index in [1.54, 1.807) is 29.7 Å². The van der Waals surface area contributed by atoms with Gasteiger partial charge in [-0.05, 0) is 30.2 Å². The van der Waals surface area contributed by atoms with Crippen LogP contribution in [-0.2, 0) is 6.42 Å². The van der Waals surface area contributed by atoms with Crippen molar-refractivity contribution in [3.63, 3.8) is 0 Å². The third kappa shape index (κ3) is 1.93. The standard InChI is InChI=1S/C11H11NOS/c1-8-2-3-10(13)6-9(8)7-11-12-4-5-14-11/h2-6,13H,7H2,1H3. The zero-order valence-electron chi connectivity index (χ0n) is 7.90. The van der Waals surface area contributed by atoms with E-state index in [-0.39, 0.29) is 0 Å². The summed E-state index contributed by atoms with van der Waals surface area (Å²) in [6.45, 7) is 2.04. The maximum absolute atomic E-state index is 9.35. The fourth-order valence-electron chi connectivity index (χ4n) is 1.35. The molecule has 0 radical (unpaired) electrons. The van der Waals surface area contributed by atoms with E-state index in [9.17, 15) is 5.11 Å². The Bertz CT molecular complexity index is 423. The second kappa shape index (κ2) is 3.80. The highest BCUT2D eigenvalue weighted by atomic mass is 32.1. The maximum atomic E-state index is 9.35. The Kier molecular flexibility index (Phi) is 2.50. The van der Waals surface area contributed by atoms with E-state index < -0.39 is 0 Å². The summed E-state index contributed by atoms with van der Waals surface area (Å²) in [4.78, 5) is 4.22. The van der Waals surface area contributed by atoms with Gasteiger partial charge in [0.05, 0.1) is 5.01 Å². The lowest BCUT2D eigenvalue weighted by atomic mass is 10.1. The summed E-state index contributed by atoms with van der Waals surface area (Å²) < 4.78 is 0. The Hall–Kier alpha value is -1.35. The van der Waals surface area contributed by atoms with Gasteiger partial charge in [0.25, 0.3) is 0 Å². The number of phenolic OH excluding ortho intramolecular Hbond substituents is 1. The van der Waals surface area contributed by atoms with Crippen LogP contribution in [0.1, 0.15) is 16.1 Å². The summed E-state index contributed by atoms with van der Waals surface area (Å²) >= 11 is 1.64. The molecule has 0 saturated heterocycles. The minimum atomic E-state index is 0.321. The molecule has 3 heteroatoms. The van der Waals surface area contributed by atoms with Gasteiger partial charge in [-0.3, -0.25) is 0 Å². The van der Waals surface area contributed by atoms with Crippen molar-refractivity contribution in [2.45, 2.75) is 13.3 Å². The first kappa shape index (κ1) is 9.21. The molecule has 0 aliphatic rings. The molecule has 1 heterocycles. The van der Waals surface area contributed by atoms with Gasteiger partial charge in [-0.2, -0.15) is 0 Å². The predicted molar refractivity (Wildman–Crippen MR) is 57.8 cm³/mol. The summed E-state index contributed by atoms with van der Waals surface area (Å²) in [5.41, 5.74) is 2.33. The van der Waals surface area contributed by atoms with E-state index in [0.29, 0.717) is 5.75 Å². The first-order chi connectivity index (χ1) is 6.75. The molecule has 2 aromatic rings. The Morgan fingerprint density at radius 3 is 3.00 bits per heavy atom. The lowest BCUT2D eigenvalue weighted by Gasteiger charge is -2.03. The summed E-state index contributed by atoms with van der Waals surface area (Å²) in [6.07, 6.45) is 2.61. The van der Waals surface area contributed by atoms with Crippen LogP contribution in [0.4, 0.5) is 0 Å². The molecule has 0 atom stereocenters. The van der Waals surface area contributed by atoms with Crippen molar-refractivity contribution < 1.29 is 5.11 Å². The zero-order chi connectivity index (χ0) is 9.97. The summed E-state index contributed by atoms with van der Waals surface area (Å²) in [5, 5.41) is 12.4. The number of nitrogens with zero attached hydrogens (tertiary/aromatic N) is 1. The average Bonchev–Trinajstić information content (AvgIpc) is 2.64. The van der Waals surface area contributed by atoms with E-state index in [4.69, 9.17) is 0 Å². The molecule has 0 bridgehead atoms. The van der Waals surface area contributed by atoms with Crippen molar-refractivity contribution in [2.75, 3.05) is 0 Å². The second-order valence-electron chi connectivity index (χ2n) is 3.21. The normalized spacial score (nSPS) is 10.4. The number of hydrogen-bond acceptors (Lipinski definition) is 3. The molecule has 2 nitrogen and oxygen atoms in total. The van der Waals surface area contributed by atoms with Gasteiger partial charge in [-0.25, -0.2) is 4.98 Å². The molecule has 0 amide bonds. The summed E-state index contributed by atoms with van der Waals surface area (Å²) in [5.74, 6) is 0.321. The molecule has 14 heavy (non-hydrogen) atoms. The highest BCUT2D eigenvalue weighted by molar-refractivity contribution is 7.09. The van der Waals surface area contributed by atoms with Crippen LogP contribution in [-0.4, -0.2) is 10.1 Å². The smallest absolute Gasteiger partial charge is 0.115 e. The number of aryl methyl sites for hydroxylation is 1. The van der Waals surface area contributed by atoms with Crippen molar-refractivity contribution in [1.29, 1.82) is 0 Å². The van der Waals surface area contributed by atoms with Crippen LogP contribution in [0.2, 0.25) is 0 Å². The molecule has 0 fully saturated rings. The van der Waals surface area contributed by atoms with Crippen molar-refractivity contribution in [3.05, 3.63) is 45.9 Å². The van der Waals surface area contributed by atoms with Crippen LogP contribution in [0.5, 0.6) is 5.75 Å². The topological polar surface area (TPSA) is 33.1 Å². The average molecular weight is 205 g/mol. The lowest BCUT2D eigenvalue weighted by molar-refractivity contribution is 0.474. The second-order valence-corrected chi connectivity index (χ2v) is 4.19. The van der Waals surface area contributed by atoms with Crippen LogP contribution in [0.3, 0.4) is 0 Å². The number of rotatable bonds is 2. The van der Waals surface area contributed by atoms with E-state index in [1.165, 1.54) is 5.56 Å². The van der Waals surface area contributed by atoms with Crippen molar-refractivity contribution in [2.24, 2.45) is 0 Å². The van der Waals surface area contributed by atoms with E-state index in [0.717, 1.165) is 17.0 Å². The van der Waals surface area contributed by atoms with Gasteiger partial charge in [0.1, 0.15) is 5.75 Å². The maximum Gasteiger partial charge on any atom is 0.115 e. The summed E-state index contributed by atoms with van der Waals surface area (Å²) in [7, 11) is 0. The molecule has 0 unspecified atom stereocenters. The largest absolute Gasteiger partial charge is 0.508 e. The number of hydrogen-bond donors (Lipinski definition) is 1. The molecule has 1 aromatic heterocycles. The molecule has 72 valence electrons. The van der Waals surface area contributed by atoms with Gasteiger partial charge in [0, 0.05) is 18.0 Å². The lowest BCUT2D eigenvalue weighted by Crippen LogP contribution is -1.90. The monoisotopic (exact) mass is 205 g/mol. The molecular weight excluding hydrogens is 194 g/mol. The number of aromatic hydroxyl groups is 1. The first-order valence-electron chi connectivity index (χ1n) is 4.42. The van der Waals surface area contributed by atoms with Gasteiger partial charge in [-0.15, -0.1) is 11.3 Å². The van der Waals surface area contributed by atoms with Crippen LogP contribution < -0.4 is 0 Å². The van der Waals surface area contributed by atoms with E-state index in [1.807, 2.05) is 18.4 Å². The molecular formula is C11H11NOS. The number of thiazole rings is 1. The highest BCUT2D eigenvalue weighted by Gasteiger charge is 2.02. The minimum absolute atomic E-state index is 0.321. The van der Waals surface area contributed by atoms with Gasteiger partial charge in [0.15, 0.2) is 0 Å². The van der Waals surface area contributed by atoms with Crippen LogP contribution >= 0.6 is 11.3 Å². The van der Waals surface area contributed by atoms with Crippen molar-refractivity contribution in [1.82, 2.24) is 4.98 Å². The molecule has 0 aliphatic heterocycles. The number of benzene rings is 1. The van der Waals surface area contributed by atoms with Crippen LogP contribution in [0, 0.1) is 6.92 Å². The van der Waals surface area contributed by atoms with Gasteiger partial charge in [-0.1, -0.05) is 6.07 Å². The third-order valence-electron chi connectivity index (χ3n) is 2.16. The molecule has 1 aromatic carbocycles. The molecule has 0 saturated carbocycles. The van der Waals surface area contributed by atoms with Crippen LogP contribution in [0.15, 0.2) is 29.8 Å². The molecule has 1 N–H and O–H groups in total. The minimum Gasteiger partial charge on any atom is -0.508 e. The number of phenols is 1. The fraction of sp³-hybridized carbons (Fsp3) is 0.182. The zero-order valence-corrected chi connectivity index (χ0v) is 8.71. The SMILES string of the molecule is Cc1ccc(O)cc1Cc1nccs1. The first-order valence-corrected chi connectivity index (χ1v) is 5.30.